The number of methoxy groups -OCH3 is 2. The maximum atomic E-state index is 9.60. The zero-order valence-electron chi connectivity index (χ0n) is 8.99. The molecule has 1 aliphatic heterocycles. The highest BCUT2D eigenvalue weighted by atomic mass is 16.7. The van der Waals surface area contributed by atoms with Crippen molar-refractivity contribution in [1.82, 2.24) is 4.90 Å². The molecule has 0 bridgehead atoms. The number of aliphatic hydroxyl groups is 2. The molecule has 84 valence electrons. The van der Waals surface area contributed by atoms with E-state index < -0.39 is 11.4 Å². The summed E-state index contributed by atoms with van der Waals surface area (Å²) < 4.78 is 10.4. The van der Waals surface area contributed by atoms with Crippen LogP contribution in [0.25, 0.3) is 0 Å². The highest BCUT2D eigenvalue weighted by Gasteiger charge is 2.45. The van der Waals surface area contributed by atoms with Crippen molar-refractivity contribution in [2.45, 2.75) is 18.3 Å². The molecule has 14 heavy (non-hydrogen) atoms. The standard InChI is InChI=1S/C9H19NO4/c1-8(12,7-11)4-10-5-9(6-10,13-2)14-3/h11-12H,4-7H2,1-3H3. The SMILES string of the molecule is COC1(OC)CN(CC(C)(O)CO)C1. The maximum Gasteiger partial charge on any atom is 0.193 e. The normalized spacial score (nSPS) is 25.5. The molecule has 0 aromatic heterocycles. The Balaban J connectivity index is 2.34. The van der Waals surface area contributed by atoms with E-state index in [2.05, 4.69) is 0 Å². The minimum Gasteiger partial charge on any atom is -0.393 e. The van der Waals surface area contributed by atoms with Gasteiger partial charge < -0.3 is 19.7 Å². The molecular formula is C9H19NO4. The summed E-state index contributed by atoms with van der Waals surface area (Å²) in [5.74, 6) is -0.522. The molecule has 1 saturated heterocycles. The first-order valence-corrected chi connectivity index (χ1v) is 4.63. The predicted octanol–water partition coefficient (Wildman–Crippen LogP) is -0.966. The molecule has 5 heteroatoms. The summed E-state index contributed by atoms with van der Waals surface area (Å²) >= 11 is 0. The van der Waals surface area contributed by atoms with Crippen molar-refractivity contribution in [2.24, 2.45) is 0 Å². The van der Waals surface area contributed by atoms with Gasteiger partial charge in [0.2, 0.25) is 0 Å². The Morgan fingerprint density at radius 2 is 1.86 bits per heavy atom. The number of aliphatic hydroxyl groups excluding tert-OH is 1. The molecule has 0 saturated carbocycles. The van der Waals surface area contributed by atoms with E-state index in [9.17, 15) is 5.11 Å². The Hall–Kier alpha value is -0.200. The van der Waals surface area contributed by atoms with Gasteiger partial charge in [-0.05, 0) is 6.92 Å². The van der Waals surface area contributed by atoms with Crippen LogP contribution in [0.1, 0.15) is 6.92 Å². The van der Waals surface area contributed by atoms with Gasteiger partial charge >= 0.3 is 0 Å². The summed E-state index contributed by atoms with van der Waals surface area (Å²) in [4.78, 5) is 1.98. The van der Waals surface area contributed by atoms with Crippen LogP contribution in [0.15, 0.2) is 0 Å². The first-order valence-electron chi connectivity index (χ1n) is 4.63. The van der Waals surface area contributed by atoms with Crippen molar-refractivity contribution < 1.29 is 19.7 Å². The van der Waals surface area contributed by atoms with E-state index in [1.54, 1.807) is 21.1 Å². The largest absolute Gasteiger partial charge is 0.393 e. The molecule has 2 N–H and O–H groups in total. The zero-order chi connectivity index (χ0) is 10.8. The Morgan fingerprint density at radius 3 is 2.21 bits per heavy atom. The second-order valence-corrected chi connectivity index (χ2v) is 4.12. The Labute approximate surface area is 84.2 Å². The third-order valence-electron chi connectivity index (χ3n) is 2.58. The highest BCUT2D eigenvalue weighted by Crippen LogP contribution is 2.26. The summed E-state index contributed by atoms with van der Waals surface area (Å²) in [5.41, 5.74) is -1.05. The van der Waals surface area contributed by atoms with Crippen LogP contribution in [0.4, 0.5) is 0 Å². The molecule has 1 aliphatic rings. The van der Waals surface area contributed by atoms with Crippen molar-refractivity contribution in [2.75, 3.05) is 40.5 Å². The average Bonchev–Trinajstić information content (AvgIpc) is 2.11. The molecule has 0 aromatic rings. The summed E-state index contributed by atoms with van der Waals surface area (Å²) in [7, 11) is 3.20. The third kappa shape index (κ3) is 2.43. The molecular weight excluding hydrogens is 186 g/mol. The first-order chi connectivity index (χ1) is 6.47. The van der Waals surface area contributed by atoms with Crippen LogP contribution >= 0.6 is 0 Å². The molecule has 5 nitrogen and oxygen atoms in total. The molecule has 1 atom stereocenters. The third-order valence-corrected chi connectivity index (χ3v) is 2.58. The molecule has 1 fully saturated rings. The molecule has 0 aliphatic carbocycles. The molecule has 0 amide bonds. The van der Waals surface area contributed by atoms with E-state index in [0.717, 1.165) is 0 Å². The lowest BCUT2D eigenvalue weighted by molar-refractivity contribution is -0.281. The van der Waals surface area contributed by atoms with Gasteiger partial charge in [0.1, 0.15) is 0 Å². The topological polar surface area (TPSA) is 62.2 Å². The van der Waals surface area contributed by atoms with Crippen LogP contribution < -0.4 is 0 Å². The summed E-state index contributed by atoms with van der Waals surface area (Å²) in [6.45, 7) is 3.04. The van der Waals surface area contributed by atoms with Gasteiger partial charge in [-0.15, -0.1) is 0 Å². The molecule has 1 unspecified atom stereocenters. The fourth-order valence-electron chi connectivity index (χ4n) is 1.62. The number of β-amino-alcohol motifs (C(OH)–C–C–N with tert-alkyl or cyclic N) is 1. The lowest BCUT2D eigenvalue weighted by Gasteiger charge is -2.49. The van der Waals surface area contributed by atoms with Gasteiger partial charge in [-0.25, -0.2) is 0 Å². The average molecular weight is 205 g/mol. The quantitative estimate of drug-likeness (QED) is 0.566. The summed E-state index contributed by atoms with van der Waals surface area (Å²) in [6.07, 6.45) is 0. The van der Waals surface area contributed by atoms with Crippen molar-refractivity contribution in [3.05, 3.63) is 0 Å². The van der Waals surface area contributed by atoms with E-state index in [1.165, 1.54) is 0 Å². The molecule has 0 radical (unpaired) electrons. The van der Waals surface area contributed by atoms with Crippen LogP contribution in [0, 0.1) is 0 Å². The van der Waals surface area contributed by atoms with Gasteiger partial charge in [0, 0.05) is 20.8 Å². The number of hydrogen-bond donors (Lipinski definition) is 2. The van der Waals surface area contributed by atoms with Crippen molar-refractivity contribution in [3.63, 3.8) is 0 Å². The van der Waals surface area contributed by atoms with Gasteiger partial charge in [-0.1, -0.05) is 0 Å². The van der Waals surface area contributed by atoms with Crippen LogP contribution in [0.2, 0.25) is 0 Å². The van der Waals surface area contributed by atoms with Gasteiger partial charge in [-0.2, -0.15) is 0 Å². The van der Waals surface area contributed by atoms with E-state index in [1.807, 2.05) is 4.90 Å². The monoisotopic (exact) mass is 205 g/mol. The van der Waals surface area contributed by atoms with Crippen molar-refractivity contribution in [1.29, 1.82) is 0 Å². The minimum atomic E-state index is -1.05. The lowest BCUT2D eigenvalue weighted by atomic mass is 10.0. The van der Waals surface area contributed by atoms with Crippen LogP contribution in [0.5, 0.6) is 0 Å². The highest BCUT2D eigenvalue weighted by molar-refractivity contribution is 4.92. The van der Waals surface area contributed by atoms with E-state index >= 15 is 0 Å². The molecule has 1 heterocycles. The Bertz CT molecular complexity index is 183. The van der Waals surface area contributed by atoms with Gasteiger partial charge in [0.05, 0.1) is 25.3 Å². The van der Waals surface area contributed by atoms with E-state index in [-0.39, 0.29) is 6.61 Å². The van der Waals surface area contributed by atoms with Gasteiger partial charge in [0.25, 0.3) is 0 Å². The molecule has 1 rings (SSSR count). The van der Waals surface area contributed by atoms with Gasteiger partial charge in [0.15, 0.2) is 5.79 Å². The summed E-state index contributed by atoms with van der Waals surface area (Å²) in [6, 6.07) is 0. The fourth-order valence-corrected chi connectivity index (χ4v) is 1.62. The fraction of sp³-hybridized carbons (Fsp3) is 1.00. The van der Waals surface area contributed by atoms with Crippen LogP contribution in [-0.4, -0.2) is 67.0 Å². The number of rotatable bonds is 5. The van der Waals surface area contributed by atoms with Gasteiger partial charge in [-0.3, -0.25) is 4.90 Å². The lowest BCUT2D eigenvalue weighted by Crippen LogP contribution is -2.66. The van der Waals surface area contributed by atoms with Crippen molar-refractivity contribution >= 4 is 0 Å². The minimum absolute atomic E-state index is 0.240. The van der Waals surface area contributed by atoms with Crippen LogP contribution in [-0.2, 0) is 9.47 Å². The second-order valence-electron chi connectivity index (χ2n) is 4.12. The Kier molecular flexibility index (Phi) is 3.49. The first kappa shape index (κ1) is 11.9. The summed E-state index contributed by atoms with van der Waals surface area (Å²) in [5, 5.41) is 18.5. The molecule has 0 spiro atoms. The van der Waals surface area contributed by atoms with Crippen LogP contribution in [0.3, 0.4) is 0 Å². The Morgan fingerprint density at radius 1 is 1.36 bits per heavy atom. The van der Waals surface area contributed by atoms with Crippen molar-refractivity contribution in [3.8, 4) is 0 Å². The smallest absolute Gasteiger partial charge is 0.193 e. The number of nitrogens with zero attached hydrogens (tertiary/aromatic N) is 1. The van der Waals surface area contributed by atoms with E-state index in [4.69, 9.17) is 14.6 Å². The van der Waals surface area contributed by atoms with E-state index in [0.29, 0.717) is 19.6 Å². The predicted molar refractivity (Wildman–Crippen MR) is 50.9 cm³/mol. The molecule has 0 aromatic carbocycles. The second kappa shape index (κ2) is 4.12. The number of likely N-dealkylation sites (tertiary alicyclic amines) is 1. The maximum absolute atomic E-state index is 9.60. The zero-order valence-corrected chi connectivity index (χ0v) is 8.99. The number of hydrogen-bond acceptors (Lipinski definition) is 5. The number of ether oxygens (including phenoxy) is 2.